The Morgan fingerprint density at radius 1 is 1.10 bits per heavy atom. The number of nitrogens with one attached hydrogen (secondary N) is 1. The first-order chi connectivity index (χ1) is 14.5. The van der Waals surface area contributed by atoms with Crippen LogP contribution in [0.2, 0.25) is 5.02 Å². The molecule has 1 amide bonds. The fourth-order valence-corrected chi connectivity index (χ4v) is 4.15. The molecular weight excluding hydrogens is 424 g/mol. The van der Waals surface area contributed by atoms with Gasteiger partial charge < -0.3 is 14.8 Å². The molecule has 1 N–H and O–H groups in total. The number of fused-ring (bicyclic) bond motifs is 3. The van der Waals surface area contributed by atoms with Gasteiger partial charge in [-0.15, -0.1) is 10.2 Å². The van der Waals surface area contributed by atoms with Gasteiger partial charge in [-0.1, -0.05) is 23.4 Å². The molecule has 0 saturated carbocycles. The van der Waals surface area contributed by atoms with E-state index in [2.05, 4.69) is 15.5 Å². The van der Waals surface area contributed by atoms with E-state index in [4.69, 9.17) is 21.1 Å². The molecule has 0 saturated heterocycles. The lowest BCUT2D eigenvalue weighted by Gasteiger charge is -2.10. The number of hydrogen-bond acceptors (Lipinski definition) is 6. The lowest BCUT2D eigenvalue weighted by atomic mass is 10.1. The lowest BCUT2D eigenvalue weighted by Crippen LogP contribution is -2.14. The lowest BCUT2D eigenvalue weighted by molar-refractivity contribution is -0.113. The molecule has 7 nitrogen and oxygen atoms in total. The number of rotatable bonds is 6. The zero-order valence-corrected chi connectivity index (χ0v) is 18.2. The summed E-state index contributed by atoms with van der Waals surface area (Å²) in [5.41, 5.74) is 3.36. The van der Waals surface area contributed by atoms with Crippen LogP contribution in [0.1, 0.15) is 5.56 Å². The molecule has 4 rings (SSSR count). The molecule has 0 atom stereocenters. The van der Waals surface area contributed by atoms with Gasteiger partial charge in [-0.3, -0.25) is 9.20 Å². The average Bonchev–Trinajstić information content (AvgIpc) is 3.15. The first-order valence-electron chi connectivity index (χ1n) is 9.09. The maximum Gasteiger partial charge on any atom is 0.234 e. The molecular formula is C21H19ClN4O3S. The Labute approximate surface area is 182 Å². The minimum Gasteiger partial charge on any atom is -0.493 e. The van der Waals surface area contributed by atoms with Gasteiger partial charge in [-0.05, 0) is 48.9 Å². The number of carbonyl (C=O) groups excluding carboxylic acids is 1. The maximum absolute atomic E-state index is 12.5. The zero-order valence-electron chi connectivity index (χ0n) is 16.6. The predicted octanol–water partition coefficient (Wildman–Crippen LogP) is 4.59. The van der Waals surface area contributed by atoms with Crippen LogP contribution in [-0.2, 0) is 4.79 Å². The van der Waals surface area contributed by atoms with E-state index in [1.165, 1.54) is 11.8 Å². The van der Waals surface area contributed by atoms with Gasteiger partial charge in [0.05, 0.1) is 25.5 Å². The Hall–Kier alpha value is -2.97. The molecule has 0 radical (unpaired) electrons. The smallest absolute Gasteiger partial charge is 0.234 e. The summed E-state index contributed by atoms with van der Waals surface area (Å²) < 4.78 is 12.4. The monoisotopic (exact) mass is 442 g/mol. The van der Waals surface area contributed by atoms with Gasteiger partial charge in [-0.25, -0.2) is 0 Å². The molecule has 0 unspecified atom stereocenters. The average molecular weight is 443 g/mol. The molecule has 2 aromatic heterocycles. The Kier molecular flexibility index (Phi) is 5.69. The van der Waals surface area contributed by atoms with E-state index in [0.717, 1.165) is 22.1 Å². The summed E-state index contributed by atoms with van der Waals surface area (Å²) in [4.78, 5) is 12.5. The Morgan fingerprint density at radius 3 is 2.67 bits per heavy atom. The number of carbonyl (C=O) groups is 1. The summed E-state index contributed by atoms with van der Waals surface area (Å²) in [5, 5.41) is 13.7. The number of nitrogens with zero attached hydrogens (tertiary/aromatic N) is 3. The number of hydrogen-bond donors (Lipinski definition) is 1. The Morgan fingerprint density at radius 2 is 1.90 bits per heavy atom. The number of benzene rings is 2. The van der Waals surface area contributed by atoms with Crippen molar-refractivity contribution in [3.8, 4) is 11.5 Å². The van der Waals surface area contributed by atoms with E-state index in [0.29, 0.717) is 27.4 Å². The molecule has 2 aromatic carbocycles. The second kappa shape index (κ2) is 8.41. The van der Waals surface area contributed by atoms with Crippen molar-refractivity contribution < 1.29 is 14.3 Å². The van der Waals surface area contributed by atoms with Gasteiger partial charge >= 0.3 is 0 Å². The third-order valence-electron chi connectivity index (χ3n) is 4.63. The Balaban J connectivity index is 1.55. The highest BCUT2D eigenvalue weighted by molar-refractivity contribution is 7.99. The third kappa shape index (κ3) is 3.88. The second-order valence-corrected chi connectivity index (χ2v) is 7.95. The Bertz CT molecular complexity index is 1260. The fourth-order valence-electron chi connectivity index (χ4n) is 3.23. The van der Waals surface area contributed by atoms with Crippen molar-refractivity contribution in [3.05, 3.63) is 53.1 Å². The van der Waals surface area contributed by atoms with Gasteiger partial charge in [0.2, 0.25) is 5.91 Å². The molecule has 2 heterocycles. The molecule has 30 heavy (non-hydrogen) atoms. The standard InChI is InChI=1S/C21H19ClN4O3S/c1-12-8-19-24-25-21(26(19)16-6-4-13(22)9-15(12)16)30-11-20(27)23-14-5-7-17(28-2)18(10-14)29-3/h4-10H,11H2,1-3H3,(H,23,27). The maximum atomic E-state index is 12.5. The molecule has 0 aliphatic carbocycles. The molecule has 154 valence electrons. The van der Waals surface area contributed by atoms with E-state index >= 15 is 0 Å². The van der Waals surface area contributed by atoms with E-state index in [-0.39, 0.29) is 11.7 Å². The van der Waals surface area contributed by atoms with Crippen LogP contribution < -0.4 is 14.8 Å². The fraction of sp³-hybridized carbons (Fsp3) is 0.190. The summed E-state index contributed by atoms with van der Waals surface area (Å²) in [6.07, 6.45) is 0. The minimum atomic E-state index is -0.163. The number of thioether (sulfide) groups is 1. The highest BCUT2D eigenvalue weighted by Crippen LogP contribution is 2.30. The summed E-state index contributed by atoms with van der Waals surface area (Å²) >= 11 is 7.48. The molecule has 0 aliphatic heterocycles. The zero-order chi connectivity index (χ0) is 21.3. The summed E-state index contributed by atoms with van der Waals surface area (Å²) in [7, 11) is 3.11. The largest absolute Gasteiger partial charge is 0.493 e. The van der Waals surface area contributed by atoms with Crippen LogP contribution in [0, 0.1) is 6.92 Å². The van der Waals surface area contributed by atoms with E-state index in [1.807, 2.05) is 35.6 Å². The van der Waals surface area contributed by atoms with Crippen LogP contribution in [0.15, 0.2) is 47.6 Å². The number of amides is 1. The van der Waals surface area contributed by atoms with Crippen molar-refractivity contribution in [1.82, 2.24) is 14.6 Å². The predicted molar refractivity (Wildman–Crippen MR) is 119 cm³/mol. The van der Waals surface area contributed by atoms with E-state index < -0.39 is 0 Å². The summed E-state index contributed by atoms with van der Waals surface area (Å²) in [5.74, 6) is 1.16. The first kappa shape index (κ1) is 20.3. The van der Waals surface area contributed by atoms with Crippen LogP contribution in [-0.4, -0.2) is 40.5 Å². The number of aryl methyl sites for hydroxylation is 1. The van der Waals surface area contributed by atoms with Crippen LogP contribution in [0.3, 0.4) is 0 Å². The van der Waals surface area contributed by atoms with E-state index in [9.17, 15) is 4.79 Å². The number of anilines is 1. The first-order valence-corrected chi connectivity index (χ1v) is 10.4. The highest BCUT2D eigenvalue weighted by atomic mass is 35.5. The number of pyridine rings is 1. The van der Waals surface area contributed by atoms with E-state index in [1.54, 1.807) is 32.4 Å². The van der Waals surface area contributed by atoms with Gasteiger partial charge in [-0.2, -0.15) is 0 Å². The molecule has 0 bridgehead atoms. The highest BCUT2D eigenvalue weighted by Gasteiger charge is 2.14. The normalized spacial score (nSPS) is 11.1. The molecule has 4 aromatic rings. The number of ether oxygens (including phenoxy) is 2. The minimum absolute atomic E-state index is 0.163. The quantitative estimate of drug-likeness (QED) is 0.440. The van der Waals surface area contributed by atoms with Crippen LogP contribution in [0.25, 0.3) is 16.6 Å². The van der Waals surface area contributed by atoms with Gasteiger partial charge in [0.15, 0.2) is 22.3 Å². The van der Waals surface area contributed by atoms with Gasteiger partial charge in [0, 0.05) is 22.2 Å². The van der Waals surface area contributed by atoms with Crippen LogP contribution >= 0.6 is 23.4 Å². The summed E-state index contributed by atoms with van der Waals surface area (Å²) in [6, 6.07) is 12.9. The number of methoxy groups -OCH3 is 2. The topological polar surface area (TPSA) is 77.8 Å². The molecule has 0 aliphatic rings. The van der Waals surface area contributed by atoms with Crippen LogP contribution in [0.4, 0.5) is 5.69 Å². The summed E-state index contributed by atoms with van der Waals surface area (Å²) in [6.45, 7) is 2.01. The molecule has 0 fully saturated rings. The van der Waals surface area contributed by atoms with Crippen molar-refractivity contribution >= 4 is 51.5 Å². The van der Waals surface area contributed by atoms with Gasteiger partial charge in [0.1, 0.15) is 0 Å². The van der Waals surface area contributed by atoms with Crippen LogP contribution in [0.5, 0.6) is 11.5 Å². The second-order valence-electron chi connectivity index (χ2n) is 6.57. The van der Waals surface area contributed by atoms with Crippen molar-refractivity contribution in [2.24, 2.45) is 0 Å². The number of aromatic nitrogens is 3. The molecule has 9 heteroatoms. The third-order valence-corrected chi connectivity index (χ3v) is 5.79. The van der Waals surface area contributed by atoms with Crippen molar-refractivity contribution in [3.63, 3.8) is 0 Å². The van der Waals surface area contributed by atoms with Crippen molar-refractivity contribution in [2.45, 2.75) is 12.1 Å². The number of halogens is 1. The van der Waals surface area contributed by atoms with Crippen molar-refractivity contribution in [1.29, 1.82) is 0 Å². The van der Waals surface area contributed by atoms with Crippen molar-refractivity contribution in [2.75, 3.05) is 25.3 Å². The van der Waals surface area contributed by atoms with Gasteiger partial charge in [0.25, 0.3) is 0 Å². The molecule has 0 spiro atoms. The SMILES string of the molecule is COc1ccc(NC(=O)CSc2nnc3cc(C)c4cc(Cl)ccc4n23)cc1OC.